The fourth-order valence-corrected chi connectivity index (χ4v) is 5.43. The Morgan fingerprint density at radius 1 is 0.943 bits per heavy atom. The second-order valence-corrected chi connectivity index (χ2v) is 10.3. The van der Waals surface area contributed by atoms with E-state index in [0.717, 1.165) is 30.4 Å². The molecule has 2 aromatic carbocycles. The smallest absolute Gasteiger partial charge is 0.407 e. The number of carbonyl (C=O) groups excluding carboxylic acids is 2. The summed E-state index contributed by atoms with van der Waals surface area (Å²) in [5.74, 6) is -1.64. The highest BCUT2D eigenvalue weighted by molar-refractivity contribution is 5.82. The van der Waals surface area contributed by atoms with Crippen LogP contribution in [0.5, 0.6) is 0 Å². The Kier molecular flexibility index (Phi) is 7.43. The number of carboxylic acid groups (broad SMARTS) is 1. The molecule has 0 unspecified atom stereocenters. The zero-order valence-corrected chi connectivity index (χ0v) is 20.4. The van der Waals surface area contributed by atoms with Crippen LogP contribution in [-0.2, 0) is 14.3 Å². The summed E-state index contributed by atoms with van der Waals surface area (Å²) in [4.78, 5) is 37.1. The van der Waals surface area contributed by atoms with E-state index in [-0.39, 0.29) is 30.9 Å². The molecule has 186 valence electrons. The van der Waals surface area contributed by atoms with Gasteiger partial charge in [-0.3, -0.25) is 9.59 Å². The molecule has 0 bridgehead atoms. The van der Waals surface area contributed by atoms with Gasteiger partial charge in [0.15, 0.2) is 0 Å². The Labute approximate surface area is 206 Å². The van der Waals surface area contributed by atoms with Crippen LogP contribution in [0, 0.1) is 5.92 Å². The number of hydrogen-bond donors (Lipinski definition) is 3. The molecule has 35 heavy (non-hydrogen) atoms. The Hall–Kier alpha value is -3.35. The van der Waals surface area contributed by atoms with Crippen LogP contribution in [-0.4, -0.2) is 41.3 Å². The number of rotatable bonds is 7. The predicted molar refractivity (Wildman–Crippen MR) is 133 cm³/mol. The molecule has 2 aliphatic carbocycles. The number of hydrogen-bond acceptors (Lipinski definition) is 4. The van der Waals surface area contributed by atoms with E-state index in [4.69, 9.17) is 9.84 Å². The van der Waals surface area contributed by atoms with Gasteiger partial charge in [0.05, 0.1) is 12.3 Å². The van der Waals surface area contributed by atoms with E-state index in [1.54, 1.807) is 13.8 Å². The maximum Gasteiger partial charge on any atom is 0.407 e. The predicted octanol–water partition coefficient (Wildman–Crippen LogP) is 4.84. The number of amides is 2. The lowest BCUT2D eigenvalue weighted by molar-refractivity contribution is -0.139. The average molecular weight is 479 g/mol. The summed E-state index contributed by atoms with van der Waals surface area (Å²) in [7, 11) is 0. The zero-order chi connectivity index (χ0) is 25.0. The van der Waals surface area contributed by atoms with Crippen molar-refractivity contribution in [3.63, 3.8) is 0 Å². The summed E-state index contributed by atoms with van der Waals surface area (Å²) >= 11 is 0. The van der Waals surface area contributed by atoms with Gasteiger partial charge >= 0.3 is 12.1 Å². The highest BCUT2D eigenvalue weighted by Gasteiger charge is 2.35. The maximum atomic E-state index is 13.1. The first kappa shape index (κ1) is 24.8. The van der Waals surface area contributed by atoms with Crippen LogP contribution >= 0.6 is 0 Å². The molecule has 0 spiro atoms. The number of benzene rings is 2. The van der Waals surface area contributed by atoms with Crippen LogP contribution in [0.1, 0.15) is 69.4 Å². The molecule has 0 aromatic heterocycles. The van der Waals surface area contributed by atoms with Crippen molar-refractivity contribution in [2.75, 3.05) is 6.61 Å². The van der Waals surface area contributed by atoms with Gasteiger partial charge < -0.3 is 20.5 Å². The van der Waals surface area contributed by atoms with E-state index in [1.807, 2.05) is 24.3 Å². The first-order valence-electron chi connectivity index (χ1n) is 12.4. The molecular weight excluding hydrogens is 444 g/mol. The summed E-state index contributed by atoms with van der Waals surface area (Å²) in [6.45, 7) is 3.61. The van der Waals surface area contributed by atoms with Crippen LogP contribution in [0.3, 0.4) is 0 Å². The number of alkyl carbamates (subject to hydrolysis) is 1. The lowest BCUT2D eigenvalue weighted by Gasteiger charge is -2.30. The van der Waals surface area contributed by atoms with Crippen LogP contribution in [0.2, 0.25) is 0 Å². The van der Waals surface area contributed by atoms with E-state index in [0.29, 0.717) is 12.8 Å². The summed E-state index contributed by atoms with van der Waals surface area (Å²) in [6.07, 6.45) is 3.42. The van der Waals surface area contributed by atoms with E-state index < -0.39 is 23.5 Å². The van der Waals surface area contributed by atoms with Crippen LogP contribution in [0.15, 0.2) is 48.5 Å². The van der Waals surface area contributed by atoms with Gasteiger partial charge in [-0.25, -0.2) is 4.79 Å². The third-order valence-corrected chi connectivity index (χ3v) is 7.05. The monoisotopic (exact) mass is 478 g/mol. The molecular formula is C28H34N2O5. The molecule has 2 aliphatic rings. The summed E-state index contributed by atoms with van der Waals surface area (Å²) in [5, 5.41) is 15.0. The van der Waals surface area contributed by atoms with E-state index >= 15 is 0 Å². The molecule has 1 saturated carbocycles. The summed E-state index contributed by atoms with van der Waals surface area (Å²) in [5.41, 5.74) is 3.76. The number of ether oxygens (including phenoxy) is 1. The second kappa shape index (κ2) is 10.5. The molecule has 0 aliphatic heterocycles. The largest absolute Gasteiger partial charge is 0.481 e. The second-order valence-electron chi connectivity index (χ2n) is 10.3. The van der Waals surface area contributed by atoms with Gasteiger partial charge in [-0.05, 0) is 48.9 Å². The van der Waals surface area contributed by atoms with E-state index in [2.05, 4.69) is 34.9 Å². The zero-order valence-electron chi connectivity index (χ0n) is 20.4. The van der Waals surface area contributed by atoms with Crippen LogP contribution in [0.4, 0.5) is 4.79 Å². The molecule has 0 radical (unpaired) electrons. The molecule has 2 aromatic rings. The quantitative estimate of drug-likeness (QED) is 0.494. The van der Waals surface area contributed by atoms with Crippen LogP contribution < -0.4 is 10.6 Å². The summed E-state index contributed by atoms with van der Waals surface area (Å²) < 4.78 is 5.71. The third-order valence-electron chi connectivity index (χ3n) is 7.05. The van der Waals surface area contributed by atoms with Gasteiger partial charge in [-0.1, -0.05) is 67.8 Å². The van der Waals surface area contributed by atoms with E-state index in [9.17, 15) is 14.4 Å². The minimum Gasteiger partial charge on any atom is -0.481 e. The molecule has 7 nitrogen and oxygen atoms in total. The van der Waals surface area contributed by atoms with E-state index in [1.165, 1.54) is 11.1 Å². The Balaban J connectivity index is 1.41. The Bertz CT molecular complexity index is 1050. The van der Waals surface area contributed by atoms with Crippen molar-refractivity contribution in [3.05, 3.63) is 59.7 Å². The fraction of sp³-hybridized carbons (Fsp3) is 0.464. The van der Waals surface area contributed by atoms with Crippen molar-refractivity contribution >= 4 is 18.0 Å². The fourth-order valence-electron chi connectivity index (χ4n) is 5.43. The van der Waals surface area contributed by atoms with Gasteiger partial charge in [0.25, 0.3) is 0 Å². The van der Waals surface area contributed by atoms with Crippen molar-refractivity contribution in [1.29, 1.82) is 0 Å². The van der Waals surface area contributed by atoms with Gasteiger partial charge in [0.1, 0.15) is 6.61 Å². The van der Waals surface area contributed by atoms with Gasteiger partial charge in [-0.15, -0.1) is 0 Å². The number of fused-ring (bicyclic) bond motifs is 3. The number of aliphatic carboxylic acids is 1. The van der Waals surface area contributed by atoms with Crippen molar-refractivity contribution in [1.82, 2.24) is 10.6 Å². The van der Waals surface area contributed by atoms with Gasteiger partial charge in [0, 0.05) is 17.5 Å². The first-order chi connectivity index (χ1) is 16.7. The molecule has 0 saturated heterocycles. The lowest BCUT2D eigenvalue weighted by Crippen LogP contribution is -2.52. The topological polar surface area (TPSA) is 105 Å². The van der Waals surface area contributed by atoms with Crippen LogP contribution in [0.25, 0.3) is 11.1 Å². The number of carbonyl (C=O) groups is 3. The SMILES string of the molecule is CC(C)(CC(=O)O)NC(=O)[C@@H]1CCCCC[C@@H]1NC(=O)OCC1c2ccccc2-c2ccccc21. The first-order valence-corrected chi connectivity index (χ1v) is 12.4. The molecule has 1 fully saturated rings. The normalized spacial score (nSPS) is 19.7. The highest BCUT2D eigenvalue weighted by Crippen LogP contribution is 2.44. The third kappa shape index (κ3) is 5.84. The molecule has 0 heterocycles. The minimum atomic E-state index is -0.968. The average Bonchev–Trinajstić information content (AvgIpc) is 2.93. The molecule has 2 amide bonds. The van der Waals surface area contributed by atoms with Crippen molar-refractivity contribution < 1.29 is 24.2 Å². The molecule has 2 atom stereocenters. The standard InChI is InChI=1S/C28H34N2O5/c1-28(2,16-25(31)32)30-26(33)22-14-4-3-5-15-24(22)29-27(34)35-17-23-20-12-8-6-10-18(20)19-11-7-9-13-21(19)23/h6-13,22-24H,3-5,14-17H2,1-2H3,(H,29,34)(H,30,33)(H,31,32)/t22-,24+/m1/s1. The molecule has 4 rings (SSSR count). The van der Waals surface area contributed by atoms with Gasteiger partial charge in [-0.2, -0.15) is 0 Å². The van der Waals surface area contributed by atoms with Crippen molar-refractivity contribution in [2.45, 2.75) is 69.9 Å². The molecule has 7 heteroatoms. The highest BCUT2D eigenvalue weighted by atomic mass is 16.5. The van der Waals surface area contributed by atoms with Crippen molar-refractivity contribution in [3.8, 4) is 11.1 Å². The molecule has 3 N–H and O–H groups in total. The summed E-state index contributed by atoms with van der Waals surface area (Å²) in [6, 6.07) is 16.0. The minimum absolute atomic E-state index is 0.0294. The maximum absolute atomic E-state index is 13.1. The Morgan fingerprint density at radius 3 is 2.17 bits per heavy atom. The number of carboxylic acids is 1. The Morgan fingerprint density at radius 2 is 1.54 bits per heavy atom. The van der Waals surface area contributed by atoms with Gasteiger partial charge in [0.2, 0.25) is 5.91 Å². The lowest BCUT2D eigenvalue weighted by atomic mass is 9.91. The number of nitrogens with one attached hydrogen (secondary N) is 2. The van der Waals surface area contributed by atoms with Crippen molar-refractivity contribution in [2.24, 2.45) is 5.92 Å².